The third kappa shape index (κ3) is 3.64. The summed E-state index contributed by atoms with van der Waals surface area (Å²) in [5, 5.41) is 8.25. The topological polar surface area (TPSA) is 77.4 Å². The standard InChI is InChI=1S/C14H18O4S/c15-13(16)9-10-5-7-12(8-6-10)14(19(17)18)11-3-1-2-4-11/h5-8,11,14H,1-4,9H2,(H,15,16)(H,17,18)/p-1. The molecule has 1 fully saturated rings. The molecule has 19 heavy (non-hydrogen) atoms. The van der Waals surface area contributed by atoms with Gasteiger partial charge in [-0.1, -0.05) is 37.1 Å². The van der Waals surface area contributed by atoms with Crippen LogP contribution in [0, 0.1) is 5.92 Å². The van der Waals surface area contributed by atoms with E-state index >= 15 is 0 Å². The highest BCUT2D eigenvalue weighted by molar-refractivity contribution is 7.79. The van der Waals surface area contributed by atoms with Crippen LogP contribution in [0.1, 0.15) is 42.1 Å². The maximum Gasteiger partial charge on any atom is 0.307 e. The van der Waals surface area contributed by atoms with E-state index in [-0.39, 0.29) is 12.3 Å². The lowest BCUT2D eigenvalue weighted by molar-refractivity contribution is -0.136. The summed E-state index contributed by atoms with van der Waals surface area (Å²) in [6.45, 7) is 0. The van der Waals surface area contributed by atoms with Gasteiger partial charge in [0, 0.05) is 5.25 Å². The van der Waals surface area contributed by atoms with Gasteiger partial charge in [-0.2, -0.15) is 0 Å². The molecule has 2 atom stereocenters. The van der Waals surface area contributed by atoms with Gasteiger partial charge in [0.05, 0.1) is 6.42 Å². The highest BCUT2D eigenvalue weighted by atomic mass is 32.2. The van der Waals surface area contributed by atoms with Gasteiger partial charge in [0.15, 0.2) is 0 Å². The van der Waals surface area contributed by atoms with Crippen LogP contribution in [-0.2, 0) is 22.3 Å². The SMILES string of the molecule is O=C(O)Cc1ccc(C(C2CCCC2)S(=O)[O-])cc1. The van der Waals surface area contributed by atoms with Crippen LogP contribution in [0.3, 0.4) is 0 Å². The fraction of sp³-hybridized carbons (Fsp3) is 0.500. The predicted octanol–water partition coefficient (Wildman–Crippen LogP) is 2.42. The third-order valence-corrected chi connectivity index (χ3v) is 4.77. The maximum absolute atomic E-state index is 11.5. The Hall–Kier alpha value is -1.20. The minimum atomic E-state index is -2.13. The summed E-state index contributed by atoms with van der Waals surface area (Å²) >= 11 is -2.13. The van der Waals surface area contributed by atoms with Gasteiger partial charge in [-0.25, -0.2) is 0 Å². The fourth-order valence-electron chi connectivity index (χ4n) is 2.80. The average molecular weight is 281 g/mol. The molecule has 1 aliphatic rings. The predicted molar refractivity (Wildman–Crippen MR) is 71.4 cm³/mol. The van der Waals surface area contributed by atoms with Crippen LogP contribution in [-0.4, -0.2) is 19.8 Å². The summed E-state index contributed by atoms with van der Waals surface area (Å²) in [4.78, 5) is 10.6. The van der Waals surface area contributed by atoms with Gasteiger partial charge in [0.1, 0.15) is 0 Å². The summed E-state index contributed by atoms with van der Waals surface area (Å²) in [5.41, 5.74) is 1.47. The van der Waals surface area contributed by atoms with Crippen molar-refractivity contribution in [2.75, 3.05) is 0 Å². The molecule has 0 amide bonds. The molecule has 5 heteroatoms. The van der Waals surface area contributed by atoms with Gasteiger partial charge in [0.25, 0.3) is 0 Å². The second-order valence-electron chi connectivity index (χ2n) is 5.04. The van der Waals surface area contributed by atoms with Crippen LogP contribution in [0.5, 0.6) is 0 Å². The molecule has 0 heterocycles. The summed E-state index contributed by atoms with van der Waals surface area (Å²) in [7, 11) is 0. The number of hydrogen-bond donors (Lipinski definition) is 1. The Balaban J connectivity index is 2.17. The fourth-order valence-corrected chi connectivity index (χ4v) is 3.77. The van der Waals surface area contributed by atoms with Gasteiger partial charge < -0.3 is 9.66 Å². The average Bonchev–Trinajstić information content (AvgIpc) is 2.84. The van der Waals surface area contributed by atoms with Gasteiger partial charge in [-0.3, -0.25) is 9.00 Å². The molecule has 2 rings (SSSR count). The van der Waals surface area contributed by atoms with Gasteiger partial charge >= 0.3 is 5.97 Å². The summed E-state index contributed by atoms with van der Waals surface area (Å²) in [6, 6.07) is 6.91. The molecule has 2 unspecified atom stereocenters. The molecule has 1 aromatic rings. The zero-order valence-electron chi connectivity index (χ0n) is 10.6. The van der Waals surface area contributed by atoms with Crippen molar-refractivity contribution in [3.63, 3.8) is 0 Å². The minimum absolute atomic E-state index is 0.0329. The molecule has 0 aromatic heterocycles. The largest absolute Gasteiger partial charge is 0.772 e. The van der Waals surface area contributed by atoms with Crippen LogP contribution in [0.15, 0.2) is 24.3 Å². The van der Waals surface area contributed by atoms with Crippen molar-refractivity contribution in [1.82, 2.24) is 0 Å². The lowest BCUT2D eigenvalue weighted by atomic mass is 9.96. The van der Waals surface area contributed by atoms with Crippen molar-refractivity contribution in [3.05, 3.63) is 35.4 Å². The van der Waals surface area contributed by atoms with Crippen LogP contribution >= 0.6 is 0 Å². The minimum Gasteiger partial charge on any atom is -0.772 e. The first-order chi connectivity index (χ1) is 9.08. The molecule has 0 saturated heterocycles. The molecule has 1 aliphatic carbocycles. The first kappa shape index (κ1) is 14.2. The molecule has 4 nitrogen and oxygen atoms in total. The zero-order chi connectivity index (χ0) is 13.8. The Morgan fingerprint density at radius 3 is 2.37 bits per heavy atom. The van der Waals surface area contributed by atoms with Gasteiger partial charge in [-0.05, 0) is 41.0 Å². The van der Waals surface area contributed by atoms with Crippen molar-refractivity contribution in [1.29, 1.82) is 0 Å². The Kier molecular flexibility index (Phi) is 4.71. The summed E-state index contributed by atoms with van der Waals surface area (Å²) < 4.78 is 22.9. The third-order valence-electron chi connectivity index (χ3n) is 3.70. The zero-order valence-corrected chi connectivity index (χ0v) is 11.4. The number of carbonyl (C=O) groups is 1. The van der Waals surface area contributed by atoms with E-state index in [1.807, 2.05) is 0 Å². The van der Waals surface area contributed by atoms with E-state index in [1.165, 1.54) is 0 Å². The molecule has 1 aromatic carbocycles. The highest BCUT2D eigenvalue weighted by Gasteiger charge is 2.27. The van der Waals surface area contributed by atoms with E-state index in [0.29, 0.717) is 5.56 Å². The number of hydrogen-bond acceptors (Lipinski definition) is 3. The normalized spacial score (nSPS) is 19.2. The lowest BCUT2D eigenvalue weighted by Gasteiger charge is -2.26. The number of rotatable bonds is 5. The van der Waals surface area contributed by atoms with Gasteiger partial charge in [-0.15, -0.1) is 0 Å². The van der Waals surface area contributed by atoms with Crippen LogP contribution in [0.2, 0.25) is 0 Å². The molecule has 0 spiro atoms. The lowest BCUT2D eigenvalue weighted by Crippen LogP contribution is -2.15. The highest BCUT2D eigenvalue weighted by Crippen LogP contribution is 2.38. The number of carboxylic acids is 1. The molecule has 0 bridgehead atoms. The van der Waals surface area contributed by atoms with E-state index in [4.69, 9.17) is 5.11 Å². The number of carboxylic acid groups (broad SMARTS) is 1. The van der Waals surface area contributed by atoms with Crippen LogP contribution in [0.25, 0.3) is 0 Å². The van der Waals surface area contributed by atoms with E-state index in [9.17, 15) is 13.6 Å². The quantitative estimate of drug-likeness (QED) is 0.841. The van der Waals surface area contributed by atoms with Crippen molar-refractivity contribution in [2.45, 2.75) is 37.4 Å². The van der Waals surface area contributed by atoms with Crippen molar-refractivity contribution >= 4 is 17.0 Å². The summed E-state index contributed by atoms with van der Waals surface area (Å²) in [5.74, 6) is -0.684. The molecular weight excluding hydrogens is 264 g/mol. The Morgan fingerprint density at radius 1 is 1.32 bits per heavy atom. The van der Waals surface area contributed by atoms with Gasteiger partial charge in [0.2, 0.25) is 0 Å². The molecule has 104 valence electrons. The second-order valence-corrected chi connectivity index (χ2v) is 6.07. The van der Waals surface area contributed by atoms with Crippen LogP contribution < -0.4 is 0 Å². The molecule has 1 saturated carbocycles. The van der Waals surface area contributed by atoms with Crippen LogP contribution in [0.4, 0.5) is 0 Å². The Bertz CT molecular complexity index is 463. The van der Waals surface area contributed by atoms with Crippen molar-refractivity contribution in [2.24, 2.45) is 5.92 Å². The molecular formula is C14H17O4S-. The number of aliphatic carboxylic acids is 1. The van der Waals surface area contributed by atoms with E-state index < -0.39 is 22.3 Å². The van der Waals surface area contributed by atoms with E-state index in [1.54, 1.807) is 24.3 Å². The maximum atomic E-state index is 11.5. The first-order valence-corrected chi connectivity index (χ1v) is 7.60. The smallest absolute Gasteiger partial charge is 0.307 e. The molecule has 0 aliphatic heterocycles. The van der Waals surface area contributed by atoms with E-state index in [0.717, 1.165) is 31.2 Å². The Labute approximate surface area is 115 Å². The first-order valence-electron chi connectivity index (χ1n) is 6.46. The molecule has 0 radical (unpaired) electrons. The Morgan fingerprint density at radius 2 is 1.89 bits per heavy atom. The summed E-state index contributed by atoms with van der Waals surface area (Å²) in [6.07, 6.45) is 4.06. The second kappa shape index (κ2) is 6.30. The van der Waals surface area contributed by atoms with Crippen molar-refractivity contribution < 1.29 is 18.7 Å². The monoisotopic (exact) mass is 281 g/mol. The van der Waals surface area contributed by atoms with E-state index in [2.05, 4.69) is 0 Å². The number of benzene rings is 1. The molecule has 1 N–H and O–H groups in total. The van der Waals surface area contributed by atoms with Crippen molar-refractivity contribution in [3.8, 4) is 0 Å².